The van der Waals surface area contributed by atoms with E-state index in [1.807, 2.05) is 50.2 Å². The van der Waals surface area contributed by atoms with Gasteiger partial charge < -0.3 is 20.7 Å². The van der Waals surface area contributed by atoms with Crippen LogP contribution in [0.25, 0.3) is 16.9 Å². The van der Waals surface area contributed by atoms with E-state index in [1.54, 1.807) is 46.9 Å². The molecular weight excluding hydrogens is 520 g/mol. The fourth-order valence-electron chi connectivity index (χ4n) is 5.02. The Morgan fingerprint density at radius 3 is 2.54 bits per heavy atom. The minimum atomic E-state index is -0.531. The second-order valence-electron chi connectivity index (χ2n) is 10.5. The van der Waals surface area contributed by atoms with Gasteiger partial charge >= 0.3 is 5.69 Å². The Labute approximate surface area is 237 Å². The molecule has 0 spiro atoms. The molecule has 1 amide bonds. The van der Waals surface area contributed by atoms with Crippen LogP contribution in [-0.4, -0.2) is 55.6 Å². The van der Waals surface area contributed by atoms with E-state index >= 15 is 0 Å². The summed E-state index contributed by atoms with van der Waals surface area (Å²) < 4.78 is 8.99. The highest BCUT2D eigenvalue weighted by Crippen LogP contribution is 2.29. The summed E-state index contributed by atoms with van der Waals surface area (Å²) in [6, 6.07) is 18.2. The fraction of sp³-hybridized carbons (Fsp3) is 0.300. The van der Waals surface area contributed by atoms with Gasteiger partial charge in [-0.3, -0.25) is 13.9 Å². The van der Waals surface area contributed by atoms with Gasteiger partial charge in [-0.2, -0.15) is 5.26 Å². The number of carbonyl (C=O) groups is 1. The van der Waals surface area contributed by atoms with Crippen LogP contribution in [0.1, 0.15) is 32.7 Å². The van der Waals surface area contributed by atoms with Gasteiger partial charge in [-0.05, 0) is 76.2 Å². The lowest BCUT2D eigenvalue weighted by atomic mass is 9.99. The second kappa shape index (κ2) is 11.3. The van der Waals surface area contributed by atoms with Gasteiger partial charge in [0, 0.05) is 18.6 Å². The molecule has 11 nitrogen and oxygen atoms in total. The Kier molecular flexibility index (Phi) is 7.59. The SMILES string of the molecule is CNC(C)(C)/C=C(/C#N)C(=O)N1CCC[C@H](n2c(=O)n(-c3ccc(Oc4ccccc4)cc3)c3c(N)ncnc32)C1. The Hall–Kier alpha value is -4.95. The third-order valence-electron chi connectivity index (χ3n) is 7.30. The van der Waals surface area contributed by atoms with Crippen LogP contribution < -0.4 is 21.5 Å². The Morgan fingerprint density at radius 2 is 1.85 bits per heavy atom. The summed E-state index contributed by atoms with van der Waals surface area (Å²) in [6.45, 7) is 4.51. The molecule has 5 rings (SSSR count). The maximum absolute atomic E-state index is 14.0. The number of likely N-dealkylation sites (N-methyl/N-ethyl adjacent to an activating group) is 1. The molecule has 0 aliphatic carbocycles. The molecule has 1 saturated heterocycles. The minimum Gasteiger partial charge on any atom is -0.457 e. The van der Waals surface area contributed by atoms with Crippen LogP contribution in [0.2, 0.25) is 0 Å². The number of carbonyl (C=O) groups excluding carboxylic acids is 1. The lowest BCUT2D eigenvalue weighted by molar-refractivity contribution is -0.128. The van der Waals surface area contributed by atoms with E-state index in [-0.39, 0.29) is 35.6 Å². The first-order chi connectivity index (χ1) is 19.7. The standard InChI is InChI=1S/C30H32N8O3/c1-30(2,33-3)16-20(17-31)28(39)36-15-7-8-22(18-36)38-27-25(26(32)34-19-35-27)37(29(38)40)21-11-13-24(14-12-21)41-23-9-5-4-6-10-23/h4-6,9-14,16,19,22,33H,7-8,15,18H2,1-3H3,(H2,32,34,35)/b20-16-/t22-/m0/s1. The van der Waals surface area contributed by atoms with Crippen LogP contribution >= 0.6 is 0 Å². The topological polar surface area (TPSA) is 144 Å². The van der Waals surface area contributed by atoms with E-state index in [0.29, 0.717) is 47.7 Å². The highest BCUT2D eigenvalue weighted by molar-refractivity contribution is 5.97. The molecule has 0 unspecified atom stereocenters. The number of likely N-dealkylation sites (tertiary alicyclic amines) is 1. The lowest BCUT2D eigenvalue weighted by Crippen LogP contribution is -2.44. The van der Waals surface area contributed by atoms with Crippen molar-refractivity contribution in [1.82, 2.24) is 29.3 Å². The first-order valence-electron chi connectivity index (χ1n) is 13.4. The number of nitrogen functional groups attached to an aromatic ring is 1. The van der Waals surface area contributed by atoms with Crippen molar-refractivity contribution >= 4 is 22.9 Å². The second-order valence-corrected chi connectivity index (χ2v) is 10.5. The molecule has 1 atom stereocenters. The maximum atomic E-state index is 14.0. The average Bonchev–Trinajstić information content (AvgIpc) is 3.29. The van der Waals surface area contributed by atoms with Crippen LogP contribution in [0.15, 0.2) is 77.4 Å². The van der Waals surface area contributed by atoms with Gasteiger partial charge in [0.2, 0.25) is 0 Å². The molecule has 11 heteroatoms. The van der Waals surface area contributed by atoms with Crippen LogP contribution in [0.4, 0.5) is 5.82 Å². The monoisotopic (exact) mass is 552 g/mol. The molecule has 2 aromatic heterocycles. The number of rotatable bonds is 7. The van der Waals surface area contributed by atoms with Crippen molar-refractivity contribution in [3.8, 4) is 23.3 Å². The molecular formula is C30H32N8O3. The van der Waals surface area contributed by atoms with Crippen molar-refractivity contribution in [3.63, 3.8) is 0 Å². The number of benzene rings is 2. The number of anilines is 1. The molecule has 0 bridgehead atoms. The summed E-state index contributed by atoms with van der Waals surface area (Å²) >= 11 is 0. The number of amides is 1. The number of nitrogens with two attached hydrogens (primary N) is 1. The summed E-state index contributed by atoms with van der Waals surface area (Å²) in [5, 5.41) is 12.8. The van der Waals surface area contributed by atoms with Crippen molar-refractivity contribution in [3.05, 3.63) is 83.1 Å². The summed E-state index contributed by atoms with van der Waals surface area (Å²) in [4.78, 5) is 37.6. The Balaban J connectivity index is 1.50. The number of aromatic nitrogens is 4. The molecule has 1 fully saturated rings. The van der Waals surface area contributed by atoms with Gasteiger partial charge in [0.25, 0.3) is 5.91 Å². The largest absolute Gasteiger partial charge is 0.457 e. The molecule has 4 aromatic rings. The number of ether oxygens (including phenoxy) is 1. The van der Waals surface area contributed by atoms with Crippen LogP contribution in [0.5, 0.6) is 11.5 Å². The summed E-state index contributed by atoms with van der Waals surface area (Å²) in [7, 11) is 1.77. The smallest absolute Gasteiger partial charge is 0.335 e. The molecule has 2 aromatic carbocycles. The number of nitrogens with zero attached hydrogens (tertiary/aromatic N) is 6. The van der Waals surface area contributed by atoms with E-state index < -0.39 is 5.54 Å². The van der Waals surface area contributed by atoms with Crippen molar-refractivity contribution in [2.45, 2.75) is 38.3 Å². The summed E-state index contributed by atoms with van der Waals surface area (Å²) in [5.41, 5.74) is 6.83. The zero-order valence-electron chi connectivity index (χ0n) is 23.2. The lowest BCUT2D eigenvalue weighted by Gasteiger charge is -2.33. The number of nitrogens with one attached hydrogen (secondary N) is 1. The predicted octanol–water partition coefficient (Wildman–Crippen LogP) is 3.57. The normalized spacial score (nSPS) is 16.0. The van der Waals surface area contributed by atoms with Gasteiger partial charge in [0.15, 0.2) is 11.5 Å². The predicted molar refractivity (Wildman–Crippen MR) is 156 cm³/mol. The summed E-state index contributed by atoms with van der Waals surface area (Å²) in [6.07, 6.45) is 4.28. The van der Waals surface area contributed by atoms with Crippen LogP contribution in [0.3, 0.4) is 0 Å². The van der Waals surface area contributed by atoms with Crippen LogP contribution in [0, 0.1) is 11.3 Å². The molecule has 210 valence electrons. The highest BCUT2D eigenvalue weighted by Gasteiger charge is 2.31. The molecule has 41 heavy (non-hydrogen) atoms. The van der Waals surface area contributed by atoms with E-state index in [9.17, 15) is 14.9 Å². The van der Waals surface area contributed by atoms with Crippen molar-refractivity contribution < 1.29 is 9.53 Å². The number of hydrogen-bond acceptors (Lipinski definition) is 8. The fourth-order valence-corrected chi connectivity index (χ4v) is 5.02. The highest BCUT2D eigenvalue weighted by atomic mass is 16.5. The molecule has 1 aliphatic heterocycles. The number of imidazole rings is 1. The third-order valence-corrected chi connectivity index (χ3v) is 7.30. The average molecular weight is 553 g/mol. The zero-order valence-corrected chi connectivity index (χ0v) is 23.2. The Bertz CT molecular complexity index is 1700. The number of para-hydroxylation sites is 1. The maximum Gasteiger partial charge on any atom is 0.335 e. The zero-order chi connectivity index (χ0) is 29.1. The first-order valence-corrected chi connectivity index (χ1v) is 13.4. The van der Waals surface area contributed by atoms with Crippen molar-refractivity contribution in [2.24, 2.45) is 0 Å². The van der Waals surface area contributed by atoms with Gasteiger partial charge in [0.05, 0.1) is 11.7 Å². The number of hydrogen-bond donors (Lipinski definition) is 2. The molecule has 3 heterocycles. The van der Waals surface area contributed by atoms with E-state index in [4.69, 9.17) is 10.5 Å². The van der Waals surface area contributed by atoms with Gasteiger partial charge in [-0.15, -0.1) is 0 Å². The third kappa shape index (κ3) is 5.55. The van der Waals surface area contributed by atoms with Gasteiger partial charge in [-0.1, -0.05) is 18.2 Å². The molecule has 0 saturated carbocycles. The number of nitriles is 1. The van der Waals surface area contributed by atoms with E-state index in [2.05, 4.69) is 15.3 Å². The molecule has 1 aliphatic rings. The van der Waals surface area contributed by atoms with Gasteiger partial charge in [0.1, 0.15) is 35.0 Å². The number of piperidine rings is 1. The minimum absolute atomic E-state index is 0.0594. The van der Waals surface area contributed by atoms with E-state index in [0.717, 1.165) is 0 Å². The number of fused-ring (bicyclic) bond motifs is 1. The first kappa shape index (κ1) is 27.6. The molecule has 0 radical (unpaired) electrons. The van der Waals surface area contributed by atoms with Crippen molar-refractivity contribution in [1.29, 1.82) is 5.26 Å². The molecule has 3 N–H and O–H groups in total. The van der Waals surface area contributed by atoms with E-state index in [1.165, 1.54) is 10.9 Å². The summed E-state index contributed by atoms with van der Waals surface area (Å²) in [5.74, 6) is 1.13. The Morgan fingerprint density at radius 1 is 1.15 bits per heavy atom. The van der Waals surface area contributed by atoms with Crippen molar-refractivity contribution in [2.75, 3.05) is 25.9 Å². The quantitative estimate of drug-likeness (QED) is 0.262. The van der Waals surface area contributed by atoms with Gasteiger partial charge in [-0.25, -0.2) is 14.8 Å². The van der Waals surface area contributed by atoms with Crippen LogP contribution in [-0.2, 0) is 4.79 Å².